The van der Waals surface area contributed by atoms with Crippen molar-refractivity contribution in [3.8, 4) is 0 Å². The lowest BCUT2D eigenvalue weighted by Crippen LogP contribution is -2.45. The van der Waals surface area contributed by atoms with Crippen molar-refractivity contribution in [1.29, 1.82) is 0 Å². The fourth-order valence-corrected chi connectivity index (χ4v) is 6.56. The Morgan fingerprint density at radius 3 is 2.34 bits per heavy atom. The number of benzene rings is 2. The molecule has 1 amide bonds. The van der Waals surface area contributed by atoms with Gasteiger partial charge in [-0.2, -0.15) is 4.31 Å². The summed E-state index contributed by atoms with van der Waals surface area (Å²) in [5.41, 5.74) is 1.68. The number of hydrogen-bond donors (Lipinski definition) is 0. The Morgan fingerprint density at radius 1 is 1.05 bits per heavy atom. The zero-order valence-corrected chi connectivity index (χ0v) is 23.7. The predicted octanol–water partition coefficient (Wildman–Crippen LogP) is 5.58. The van der Waals surface area contributed by atoms with E-state index >= 15 is 0 Å². The van der Waals surface area contributed by atoms with E-state index in [0.29, 0.717) is 13.2 Å². The number of carbonyl (C=O) groups is 1. The molecule has 0 N–H and O–H groups in total. The van der Waals surface area contributed by atoms with Gasteiger partial charge in [-0.15, -0.1) is 11.3 Å². The topological polar surface area (TPSA) is 66.9 Å². The predicted molar refractivity (Wildman–Crippen MR) is 148 cm³/mol. The van der Waals surface area contributed by atoms with Gasteiger partial charge in [0.05, 0.1) is 24.1 Å². The zero-order valence-electron chi connectivity index (χ0n) is 22.1. The van der Waals surface area contributed by atoms with Crippen molar-refractivity contribution < 1.29 is 22.3 Å². The average molecular weight is 559 g/mol. The van der Waals surface area contributed by atoms with Gasteiger partial charge in [0, 0.05) is 24.6 Å². The maximum absolute atomic E-state index is 13.8. The van der Waals surface area contributed by atoms with E-state index < -0.39 is 10.0 Å². The van der Waals surface area contributed by atoms with Crippen molar-refractivity contribution in [2.24, 2.45) is 0 Å². The van der Waals surface area contributed by atoms with E-state index in [2.05, 4.69) is 20.8 Å². The number of ether oxygens (including phenoxy) is 1. The second kappa shape index (κ2) is 12.1. The van der Waals surface area contributed by atoms with E-state index in [1.54, 1.807) is 29.2 Å². The molecule has 9 heteroatoms. The Kier molecular flexibility index (Phi) is 9.03. The van der Waals surface area contributed by atoms with Crippen LogP contribution in [-0.4, -0.2) is 49.3 Å². The fourth-order valence-electron chi connectivity index (χ4n) is 4.42. The van der Waals surface area contributed by atoms with Crippen LogP contribution in [0.15, 0.2) is 70.9 Å². The van der Waals surface area contributed by atoms with Crippen molar-refractivity contribution in [2.75, 3.05) is 19.7 Å². The van der Waals surface area contributed by atoms with Gasteiger partial charge in [0.25, 0.3) is 0 Å². The van der Waals surface area contributed by atoms with Crippen LogP contribution in [0, 0.1) is 5.82 Å². The van der Waals surface area contributed by atoms with Crippen LogP contribution in [0.1, 0.15) is 49.6 Å². The van der Waals surface area contributed by atoms with Gasteiger partial charge >= 0.3 is 0 Å². The highest BCUT2D eigenvalue weighted by atomic mass is 32.2. The molecule has 0 aliphatic carbocycles. The summed E-state index contributed by atoms with van der Waals surface area (Å²) in [6.45, 7) is 7.18. The first-order valence-electron chi connectivity index (χ1n) is 12.8. The SMILES string of the molecule is CC(C)(C)c1ccc(S(=O)(=O)N(CC(=O)N(Cc2ccc(F)cc2)Cc2cccs2)CC2CCCO2)cc1. The summed E-state index contributed by atoms with van der Waals surface area (Å²) < 4.78 is 48.1. The molecule has 4 rings (SSSR count). The van der Waals surface area contributed by atoms with E-state index in [1.807, 2.05) is 29.6 Å². The van der Waals surface area contributed by atoms with Crippen LogP contribution in [0.5, 0.6) is 0 Å². The van der Waals surface area contributed by atoms with Gasteiger partial charge in [-0.25, -0.2) is 12.8 Å². The first kappa shape index (κ1) is 28.4. The van der Waals surface area contributed by atoms with E-state index in [1.165, 1.54) is 27.8 Å². The molecule has 3 aromatic rings. The summed E-state index contributed by atoms with van der Waals surface area (Å²) >= 11 is 1.53. The third-order valence-corrected chi connectivity index (χ3v) is 9.35. The molecule has 1 atom stereocenters. The highest BCUT2D eigenvalue weighted by Crippen LogP contribution is 2.26. The molecule has 1 aliphatic rings. The molecule has 2 aromatic carbocycles. The molecule has 0 radical (unpaired) electrons. The highest BCUT2D eigenvalue weighted by Gasteiger charge is 2.32. The van der Waals surface area contributed by atoms with Gasteiger partial charge in [0.2, 0.25) is 15.9 Å². The van der Waals surface area contributed by atoms with Gasteiger partial charge in [-0.05, 0) is 65.1 Å². The van der Waals surface area contributed by atoms with Crippen LogP contribution < -0.4 is 0 Å². The Hall–Kier alpha value is -2.59. The molecular formula is C29H35FN2O4S2. The van der Waals surface area contributed by atoms with E-state index in [0.717, 1.165) is 28.8 Å². The van der Waals surface area contributed by atoms with Crippen molar-refractivity contribution in [1.82, 2.24) is 9.21 Å². The van der Waals surface area contributed by atoms with Crippen LogP contribution in [0.3, 0.4) is 0 Å². The van der Waals surface area contributed by atoms with Gasteiger partial charge in [-0.3, -0.25) is 4.79 Å². The first-order valence-corrected chi connectivity index (χ1v) is 15.1. The third-order valence-electron chi connectivity index (χ3n) is 6.67. The smallest absolute Gasteiger partial charge is 0.243 e. The molecule has 0 bridgehead atoms. The Morgan fingerprint density at radius 2 is 1.76 bits per heavy atom. The minimum absolute atomic E-state index is 0.110. The zero-order chi connectivity index (χ0) is 27.3. The maximum atomic E-state index is 13.8. The lowest BCUT2D eigenvalue weighted by Gasteiger charge is -2.29. The number of thiophene rings is 1. The van der Waals surface area contributed by atoms with Crippen molar-refractivity contribution >= 4 is 27.3 Å². The second-order valence-electron chi connectivity index (χ2n) is 10.7. The Bertz CT molecular complexity index is 1300. The largest absolute Gasteiger partial charge is 0.377 e. The van der Waals surface area contributed by atoms with E-state index in [4.69, 9.17) is 4.74 Å². The summed E-state index contributed by atoms with van der Waals surface area (Å²) in [6, 6.07) is 16.7. The maximum Gasteiger partial charge on any atom is 0.243 e. The molecule has 2 heterocycles. The summed E-state index contributed by atoms with van der Waals surface area (Å²) in [4.78, 5) is 16.5. The normalized spacial score (nSPS) is 16.2. The van der Waals surface area contributed by atoms with Crippen LogP contribution >= 0.6 is 11.3 Å². The summed E-state index contributed by atoms with van der Waals surface area (Å²) in [5, 5.41) is 1.94. The number of hydrogen-bond acceptors (Lipinski definition) is 5. The van der Waals surface area contributed by atoms with Crippen LogP contribution in [0.4, 0.5) is 4.39 Å². The molecule has 38 heavy (non-hydrogen) atoms. The minimum atomic E-state index is -3.96. The Labute approximate surface area is 229 Å². The average Bonchev–Trinajstić information content (AvgIpc) is 3.58. The lowest BCUT2D eigenvalue weighted by atomic mass is 9.87. The Balaban J connectivity index is 1.60. The lowest BCUT2D eigenvalue weighted by molar-refractivity contribution is -0.132. The fraction of sp³-hybridized carbons (Fsp3) is 0.414. The molecular weight excluding hydrogens is 523 g/mol. The van der Waals surface area contributed by atoms with Crippen molar-refractivity contribution in [3.63, 3.8) is 0 Å². The molecule has 1 aliphatic heterocycles. The number of nitrogens with zero attached hydrogens (tertiary/aromatic N) is 2. The number of halogens is 1. The van der Waals surface area contributed by atoms with Crippen LogP contribution in [-0.2, 0) is 38.1 Å². The number of amides is 1. The van der Waals surface area contributed by atoms with Crippen molar-refractivity contribution in [2.45, 2.75) is 63.1 Å². The minimum Gasteiger partial charge on any atom is -0.377 e. The quantitative estimate of drug-likeness (QED) is 0.326. The number of sulfonamides is 1. The molecule has 1 fully saturated rings. The molecule has 1 saturated heterocycles. The molecule has 0 spiro atoms. The van der Waals surface area contributed by atoms with E-state index in [9.17, 15) is 17.6 Å². The molecule has 0 saturated carbocycles. The first-order chi connectivity index (χ1) is 18.0. The third kappa shape index (κ3) is 7.28. The highest BCUT2D eigenvalue weighted by molar-refractivity contribution is 7.89. The molecule has 1 aromatic heterocycles. The van der Waals surface area contributed by atoms with Gasteiger partial charge in [0.15, 0.2) is 0 Å². The monoisotopic (exact) mass is 558 g/mol. The van der Waals surface area contributed by atoms with Crippen LogP contribution in [0.25, 0.3) is 0 Å². The summed E-state index contributed by atoms with van der Waals surface area (Å²) in [5.74, 6) is -0.674. The van der Waals surface area contributed by atoms with E-state index in [-0.39, 0.29) is 47.8 Å². The van der Waals surface area contributed by atoms with Crippen molar-refractivity contribution in [3.05, 3.63) is 87.9 Å². The summed E-state index contributed by atoms with van der Waals surface area (Å²) in [6.07, 6.45) is 1.36. The number of carbonyl (C=O) groups excluding carboxylic acids is 1. The van der Waals surface area contributed by atoms with Gasteiger partial charge < -0.3 is 9.64 Å². The van der Waals surface area contributed by atoms with Gasteiger partial charge in [0.1, 0.15) is 5.82 Å². The summed E-state index contributed by atoms with van der Waals surface area (Å²) in [7, 11) is -3.96. The second-order valence-corrected chi connectivity index (χ2v) is 13.6. The van der Waals surface area contributed by atoms with Gasteiger partial charge in [-0.1, -0.05) is 51.1 Å². The van der Waals surface area contributed by atoms with Crippen LogP contribution in [0.2, 0.25) is 0 Å². The number of rotatable bonds is 10. The standard InChI is InChI=1S/C29H35FN2O4S2/c1-29(2,3)23-10-14-27(15-11-23)38(34,35)32(19-25-6-4-16-36-25)21-28(33)31(20-26-7-5-17-37-26)18-22-8-12-24(30)13-9-22/h5,7-15,17,25H,4,6,16,18-21H2,1-3H3. The molecule has 204 valence electrons. The molecule has 1 unspecified atom stereocenters. The molecule has 6 nitrogen and oxygen atoms in total.